The van der Waals surface area contributed by atoms with Crippen molar-refractivity contribution in [3.63, 3.8) is 0 Å². The average molecular weight is 511 g/mol. The lowest BCUT2D eigenvalue weighted by molar-refractivity contribution is 0.0527. The lowest BCUT2D eigenvalue weighted by Gasteiger charge is -2.26. The highest BCUT2D eigenvalue weighted by molar-refractivity contribution is 7.89. The van der Waals surface area contributed by atoms with Gasteiger partial charge in [-0.05, 0) is 44.5 Å². The maximum Gasteiger partial charge on any atom is 0.348 e. The molecule has 0 radical (unpaired) electrons. The van der Waals surface area contributed by atoms with E-state index in [0.717, 1.165) is 11.3 Å². The lowest BCUT2D eigenvalue weighted by atomic mass is 10.1. The Morgan fingerprint density at radius 1 is 1.09 bits per heavy atom. The molecular weight excluding hydrogens is 484 g/mol. The number of rotatable bonds is 8. The summed E-state index contributed by atoms with van der Waals surface area (Å²) in [6, 6.07) is 5.62. The molecule has 3 rings (SSSR count). The van der Waals surface area contributed by atoms with E-state index in [-0.39, 0.29) is 52.2 Å². The minimum Gasteiger partial charge on any atom is -0.462 e. The van der Waals surface area contributed by atoms with E-state index in [0.29, 0.717) is 18.8 Å². The number of amides is 1. The van der Waals surface area contributed by atoms with Crippen molar-refractivity contribution in [3.8, 4) is 0 Å². The summed E-state index contributed by atoms with van der Waals surface area (Å²) in [5.74, 6) is -1.94. The average Bonchev–Trinajstić information content (AvgIpc) is 3.15. The van der Waals surface area contributed by atoms with E-state index < -0.39 is 27.9 Å². The molecule has 1 amide bonds. The number of ether oxygens (including phenoxy) is 3. The zero-order valence-electron chi connectivity index (χ0n) is 19.1. The Bertz CT molecular complexity index is 1180. The molecule has 1 N–H and O–H groups in total. The molecule has 1 aromatic carbocycles. The fourth-order valence-corrected chi connectivity index (χ4v) is 5.89. The number of benzene rings is 1. The van der Waals surface area contributed by atoms with Crippen molar-refractivity contribution in [1.29, 1.82) is 0 Å². The summed E-state index contributed by atoms with van der Waals surface area (Å²) in [7, 11) is -3.80. The molecule has 0 spiro atoms. The fraction of sp³-hybridized carbons (Fsp3) is 0.409. The SMILES string of the molecule is CCOC(=O)c1sc(NC(=O)c2cccc(S(=O)(=O)N3CCOCC3)c2)c(C(=O)OCC)c1C. The second-order valence-electron chi connectivity index (χ2n) is 7.20. The van der Waals surface area contributed by atoms with E-state index in [1.807, 2.05) is 0 Å². The van der Waals surface area contributed by atoms with Gasteiger partial charge in [0.1, 0.15) is 9.88 Å². The second-order valence-corrected chi connectivity index (χ2v) is 10.2. The number of carbonyl (C=O) groups is 3. The molecule has 1 aromatic heterocycles. The predicted octanol–water partition coefficient (Wildman–Crippen LogP) is 2.68. The van der Waals surface area contributed by atoms with Crippen LogP contribution in [0.25, 0.3) is 0 Å². The quantitative estimate of drug-likeness (QED) is 0.537. The molecule has 1 saturated heterocycles. The van der Waals surface area contributed by atoms with Gasteiger partial charge in [0.2, 0.25) is 10.0 Å². The highest BCUT2D eigenvalue weighted by Crippen LogP contribution is 2.35. The van der Waals surface area contributed by atoms with Gasteiger partial charge in [0, 0.05) is 18.7 Å². The molecule has 1 fully saturated rings. The maximum atomic E-state index is 13.0. The van der Waals surface area contributed by atoms with Gasteiger partial charge in [0.05, 0.1) is 36.9 Å². The monoisotopic (exact) mass is 510 g/mol. The van der Waals surface area contributed by atoms with Crippen molar-refractivity contribution < 1.29 is 37.0 Å². The van der Waals surface area contributed by atoms with Crippen LogP contribution >= 0.6 is 11.3 Å². The normalized spacial score (nSPS) is 14.4. The number of hydrogen-bond acceptors (Lipinski definition) is 9. The van der Waals surface area contributed by atoms with Crippen molar-refractivity contribution in [2.75, 3.05) is 44.8 Å². The van der Waals surface area contributed by atoms with Crippen LogP contribution in [0, 0.1) is 6.92 Å². The molecule has 0 atom stereocenters. The van der Waals surface area contributed by atoms with Crippen LogP contribution in [0.3, 0.4) is 0 Å². The highest BCUT2D eigenvalue weighted by Gasteiger charge is 2.29. The van der Waals surface area contributed by atoms with Crippen molar-refractivity contribution in [3.05, 3.63) is 45.8 Å². The predicted molar refractivity (Wildman–Crippen MR) is 125 cm³/mol. The Hall–Kier alpha value is -2.80. The van der Waals surface area contributed by atoms with Gasteiger partial charge in [-0.1, -0.05) is 6.07 Å². The Kier molecular flexibility index (Phi) is 8.42. The first-order valence-corrected chi connectivity index (χ1v) is 12.9. The molecule has 0 aliphatic carbocycles. The minimum absolute atomic E-state index is 0.0257. The summed E-state index contributed by atoms with van der Waals surface area (Å²) in [6.45, 7) is 6.19. The summed E-state index contributed by atoms with van der Waals surface area (Å²) in [5, 5.41) is 2.74. The number of morpholine rings is 1. The van der Waals surface area contributed by atoms with E-state index in [1.165, 1.54) is 28.6 Å². The number of sulfonamides is 1. The molecular formula is C22H26N2O8S2. The highest BCUT2D eigenvalue weighted by atomic mass is 32.2. The summed E-state index contributed by atoms with van der Waals surface area (Å²) in [5.41, 5.74) is 0.467. The molecule has 0 saturated carbocycles. The first-order valence-electron chi connectivity index (χ1n) is 10.7. The molecule has 2 aromatic rings. The van der Waals surface area contributed by atoms with Crippen molar-refractivity contribution >= 4 is 44.2 Å². The molecule has 1 aliphatic heterocycles. The van der Waals surface area contributed by atoms with Gasteiger partial charge in [0.15, 0.2) is 0 Å². The standard InChI is InChI=1S/C22H26N2O8S2/c1-4-31-21(26)17-14(3)18(22(27)32-5-2)33-20(17)23-19(25)15-7-6-8-16(13-15)34(28,29)24-9-11-30-12-10-24/h6-8,13H,4-5,9-12H2,1-3H3,(H,23,25). The Morgan fingerprint density at radius 2 is 1.74 bits per heavy atom. The van der Waals surface area contributed by atoms with Crippen LogP contribution in [0.5, 0.6) is 0 Å². The summed E-state index contributed by atoms with van der Waals surface area (Å²) in [4.78, 5) is 38.0. The summed E-state index contributed by atoms with van der Waals surface area (Å²) >= 11 is 0.896. The van der Waals surface area contributed by atoms with Gasteiger partial charge in [-0.2, -0.15) is 4.31 Å². The minimum atomic E-state index is -3.80. The molecule has 10 nitrogen and oxygen atoms in total. The van der Waals surface area contributed by atoms with E-state index >= 15 is 0 Å². The third kappa shape index (κ3) is 5.46. The van der Waals surface area contributed by atoms with Gasteiger partial charge in [-0.15, -0.1) is 11.3 Å². The topological polar surface area (TPSA) is 128 Å². The van der Waals surface area contributed by atoms with Crippen molar-refractivity contribution in [2.24, 2.45) is 0 Å². The molecule has 0 unspecified atom stereocenters. The molecule has 2 heterocycles. The van der Waals surface area contributed by atoms with Crippen LogP contribution in [0.1, 0.15) is 49.8 Å². The first-order chi connectivity index (χ1) is 16.2. The van der Waals surface area contributed by atoms with Crippen LogP contribution in [0.15, 0.2) is 29.2 Å². The number of carbonyl (C=O) groups excluding carboxylic acids is 3. The second kappa shape index (κ2) is 11.1. The first kappa shape index (κ1) is 25.8. The molecule has 184 valence electrons. The van der Waals surface area contributed by atoms with Gasteiger partial charge >= 0.3 is 11.9 Å². The number of anilines is 1. The van der Waals surface area contributed by atoms with E-state index in [1.54, 1.807) is 20.8 Å². The van der Waals surface area contributed by atoms with Gasteiger partial charge in [-0.25, -0.2) is 18.0 Å². The van der Waals surface area contributed by atoms with Crippen LogP contribution in [0.2, 0.25) is 0 Å². The summed E-state index contributed by atoms with van der Waals surface area (Å²) in [6.07, 6.45) is 0. The fourth-order valence-electron chi connectivity index (χ4n) is 3.35. The maximum absolute atomic E-state index is 13.0. The number of nitrogens with zero attached hydrogens (tertiary/aromatic N) is 1. The van der Waals surface area contributed by atoms with Crippen molar-refractivity contribution in [2.45, 2.75) is 25.7 Å². The molecule has 34 heavy (non-hydrogen) atoms. The largest absolute Gasteiger partial charge is 0.462 e. The number of thiophene rings is 1. The Labute approximate surface area is 201 Å². The van der Waals surface area contributed by atoms with Crippen LogP contribution in [-0.4, -0.2) is 70.1 Å². The van der Waals surface area contributed by atoms with Gasteiger partial charge in [-0.3, -0.25) is 4.79 Å². The number of hydrogen-bond donors (Lipinski definition) is 1. The molecule has 1 aliphatic rings. The van der Waals surface area contributed by atoms with Crippen LogP contribution < -0.4 is 5.32 Å². The van der Waals surface area contributed by atoms with E-state index in [4.69, 9.17) is 14.2 Å². The van der Waals surface area contributed by atoms with Gasteiger partial charge in [0.25, 0.3) is 5.91 Å². The summed E-state index contributed by atoms with van der Waals surface area (Å²) < 4.78 is 42.5. The van der Waals surface area contributed by atoms with E-state index in [2.05, 4.69) is 5.32 Å². The Balaban J connectivity index is 1.92. The molecule has 0 bridgehead atoms. The van der Waals surface area contributed by atoms with Crippen molar-refractivity contribution in [1.82, 2.24) is 4.31 Å². The lowest BCUT2D eigenvalue weighted by Crippen LogP contribution is -2.40. The Morgan fingerprint density at radius 3 is 2.38 bits per heavy atom. The number of nitrogens with one attached hydrogen (secondary N) is 1. The van der Waals surface area contributed by atoms with Gasteiger partial charge < -0.3 is 19.5 Å². The number of esters is 2. The molecule has 12 heteroatoms. The third-order valence-corrected chi connectivity index (χ3v) is 8.10. The third-order valence-electron chi connectivity index (χ3n) is 5.02. The smallest absolute Gasteiger partial charge is 0.348 e. The zero-order chi connectivity index (χ0) is 24.9. The van der Waals surface area contributed by atoms with Crippen LogP contribution in [0.4, 0.5) is 5.00 Å². The zero-order valence-corrected chi connectivity index (χ0v) is 20.7. The van der Waals surface area contributed by atoms with E-state index in [9.17, 15) is 22.8 Å². The van der Waals surface area contributed by atoms with Crippen LogP contribution in [-0.2, 0) is 24.2 Å².